The average molecular weight is 424 g/mol. The summed E-state index contributed by atoms with van der Waals surface area (Å²) in [7, 11) is 0. The zero-order chi connectivity index (χ0) is 21.5. The lowest BCUT2D eigenvalue weighted by Crippen LogP contribution is -2.50. The molecule has 4 rings (SSSR count). The monoisotopic (exact) mass is 424 g/mol. The Labute approximate surface area is 169 Å². The van der Waals surface area contributed by atoms with Crippen LogP contribution in [0.3, 0.4) is 0 Å². The minimum atomic E-state index is -5.00. The lowest BCUT2D eigenvalue weighted by Gasteiger charge is -2.29. The van der Waals surface area contributed by atoms with Crippen LogP contribution < -0.4 is 5.32 Å². The molecule has 1 saturated heterocycles. The smallest absolute Gasteiger partial charge is 0.347 e. The van der Waals surface area contributed by atoms with Gasteiger partial charge in [-0.3, -0.25) is 9.59 Å². The van der Waals surface area contributed by atoms with Gasteiger partial charge in [-0.05, 0) is 56.4 Å². The Balaban J connectivity index is 1.52. The predicted molar refractivity (Wildman–Crippen MR) is 98.1 cm³/mol. The van der Waals surface area contributed by atoms with E-state index in [1.165, 1.54) is 12.1 Å². The van der Waals surface area contributed by atoms with E-state index >= 15 is 0 Å². The highest BCUT2D eigenvalue weighted by atomic mass is 19.4. The Morgan fingerprint density at radius 3 is 2.53 bits per heavy atom. The summed E-state index contributed by atoms with van der Waals surface area (Å²) >= 11 is 0. The second kappa shape index (κ2) is 7.73. The van der Waals surface area contributed by atoms with Crippen LogP contribution in [0.5, 0.6) is 0 Å². The molecule has 1 aliphatic heterocycles. The Bertz CT molecular complexity index is 955. The zero-order valence-corrected chi connectivity index (χ0v) is 16.0. The second-order valence-corrected chi connectivity index (χ2v) is 7.54. The normalized spacial score (nSPS) is 21.4. The molecule has 2 atom stereocenters. The van der Waals surface area contributed by atoms with E-state index in [0.717, 1.165) is 17.7 Å². The van der Waals surface area contributed by atoms with Crippen LogP contribution in [0.2, 0.25) is 0 Å². The molecule has 2 aromatic rings. The number of alkyl halides is 3. The van der Waals surface area contributed by atoms with Crippen LogP contribution in [0, 0.1) is 5.82 Å². The summed E-state index contributed by atoms with van der Waals surface area (Å²) in [6, 6.07) is 4.33. The molecule has 1 fully saturated rings. The van der Waals surface area contributed by atoms with Gasteiger partial charge >= 0.3 is 12.1 Å². The van der Waals surface area contributed by atoms with Crippen molar-refractivity contribution in [2.45, 2.75) is 50.4 Å². The standard InChI is InChI=1S/C20H20F4N4O2/c21-12-6-8-13(9-7-12)28-16-4-1-3-15(14(16)11-25-28)26-18(29)17-5-2-10-27(17)19(30)20(22,23)24/h6-9,11,15,17H,1-5,10H2,(H,26,29). The van der Waals surface area contributed by atoms with E-state index < -0.39 is 30.1 Å². The van der Waals surface area contributed by atoms with E-state index in [9.17, 15) is 27.2 Å². The van der Waals surface area contributed by atoms with Crippen molar-refractivity contribution in [3.8, 4) is 5.69 Å². The topological polar surface area (TPSA) is 67.2 Å². The van der Waals surface area contributed by atoms with Crippen LogP contribution in [0.4, 0.5) is 17.6 Å². The lowest BCUT2D eigenvalue weighted by atomic mass is 9.92. The van der Waals surface area contributed by atoms with Crippen molar-refractivity contribution in [1.29, 1.82) is 0 Å². The van der Waals surface area contributed by atoms with E-state index in [1.807, 2.05) is 0 Å². The highest BCUT2D eigenvalue weighted by Gasteiger charge is 2.48. The third-order valence-corrected chi connectivity index (χ3v) is 5.63. The first-order valence-corrected chi connectivity index (χ1v) is 9.76. The average Bonchev–Trinajstić information content (AvgIpc) is 3.35. The maximum Gasteiger partial charge on any atom is 0.471 e. The molecule has 2 amide bonds. The Hall–Kier alpha value is -2.91. The molecular weight excluding hydrogens is 404 g/mol. The molecule has 6 nitrogen and oxygen atoms in total. The number of hydrogen-bond acceptors (Lipinski definition) is 3. The van der Waals surface area contributed by atoms with Crippen LogP contribution in [-0.2, 0) is 16.0 Å². The van der Waals surface area contributed by atoms with E-state index in [1.54, 1.807) is 23.0 Å². The highest BCUT2D eigenvalue weighted by Crippen LogP contribution is 2.32. The first-order chi connectivity index (χ1) is 14.3. The minimum Gasteiger partial charge on any atom is -0.347 e. The number of likely N-dealkylation sites (tertiary alicyclic amines) is 1. The molecule has 0 bridgehead atoms. The van der Waals surface area contributed by atoms with E-state index in [4.69, 9.17) is 0 Å². The molecule has 10 heteroatoms. The Morgan fingerprint density at radius 1 is 1.10 bits per heavy atom. The quantitative estimate of drug-likeness (QED) is 0.771. The Morgan fingerprint density at radius 2 is 1.83 bits per heavy atom. The van der Waals surface area contributed by atoms with Gasteiger partial charge in [0, 0.05) is 17.8 Å². The van der Waals surface area contributed by atoms with Crippen molar-refractivity contribution in [3.05, 3.63) is 47.5 Å². The summed E-state index contributed by atoms with van der Waals surface area (Å²) in [5.41, 5.74) is 2.33. The van der Waals surface area contributed by atoms with Gasteiger partial charge in [-0.25, -0.2) is 9.07 Å². The van der Waals surface area contributed by atoms with Crippen molar-refractivity contribution in [2.75, 3.05) is 6.54 Å². The number of nitrogens with one attached hydrogen (secondary N) is 1. The Kier molecular flexibility index (Phi) is 5.25. The predicted octanol–water partition coefficient (Wildman–Crippen LogP) is 3.06. The number of carbonyl (C=O) groups excluding carboxylic acids is 2. The number of amides is 2. The third kappa shape index (κ3) is 3.78. The molecule has 0 radical (unpaired) electrons. The van der Waals surface area contributed by atoms with Crippen LogP contribution in [-0.4, -0.2) is 45.3 Å². The minimum absolute atomic E-state index is 0.0884. The number of carbonyl (C=O) groups is 2. The van der Waals surface area contributed by atoms with Crippen LogP contribution in [0.1, 0.15) is 43.0 Å². The molecule has 1 aromatic heterocycles. The number of aromatic nitrogens is 2. The van der Waals surface area contributed by atoms with Crippen LogP contribution in [0.25, 0.3) is 5.69 Å². The van der Waals surface area contributed by atoms with E-state index in [-0.39, 0.29) is 18.8 Å². The molecule has 30 heavy (non-hydrogen) atoms. The van der Waals surface area contributed by atoms with Gasteiger partial charge < -0.3 is 10.2 Å². The van der Waals surface area contributed by atoms with Gasteiger partial charge in [0.25, 0.3) is 0 Å². The van der Waals surface area contributed by atoms with Gasteiger partial charge in [-0.15, -0.1) is 0 Å². The summed E-state index contributed by atoms with van der Waals surface area (Å²) in [4.78, 5) is 25.0. The summed E-state index contributed by atoms with van der Waals surface area (Å²) in [5, 5.41) is 7.17. The van der Waals surface area contributed by atoms with Crippen molar-refractivity contribution >= 4 is 11.8 Å². The zero-order valence-electron chi connectivity index (χ0n) is 16.0. The molecule has 0 saturated carbocycles. The summed E-state index contributed by atoms with van der Waals surface area (Å²) in [6.07, 6.45) is -0.761. The number of rotatable bonds is 3. The fraction of sp³-hybridized carbons (Fsp3) is 0.450. The fourth-order valence-electron chi connectivity index (χ4n) is 4.22. The fourth-order valence-corrected chi connectivity index (χ4v) is 4.22. The molecule has 2 heterocycles. The number of nitrogens with zero attached hydrogens (tertiary/aromatic N) is 3. The van der Waals surface area contributed by atoms with Gasteiger partial charge in [-0.1, -0.05) is 0 Å². The molecule has 1 aromatic carbocycles. The number of benzene rings is 1. The molecular formula is C20H20F4N4O2. The van der Waals surface area contributed by atoms with Crippen LogP contribution >= 0.6 is 0 Å². The second-order valence-electron chi connectivity index (χ2n) is 7.54. The van der Waals surface area contributed by atoms with Gasteiger partial charge in [0.2, 0.25) is 5.91 Å². The van der Waals surface area contributed by atoms with Crippen molar-refractivity contribution in [2.24, 2.45) is 0 Å². The summed E-state index contributed by atoms with van der Waals surface area (Å²) in [6.45, 7) is -0.0884. The van der Waals surface area contributed by atoms with Gasteiger partial charge in [0.1, 0.15) is 11.9 Å². The number of hydrogen-bond donors (Lipinski definition) is 1. The molecule has 1 aliphatic carbocycles. The largest absolute Gasteiger partial charge is 0.471 e. The summed E-state index contributed by atoms with van der Waals surface area (Å²) in [5.74, 6) is -2.93. The van der Waals surface area contributed by atoms with Gasteiger partial charge in [0.05, 0.1) is 17.9 Å². The van der Waals surface area contributed by atoms with Crippen LogP contribution in [0.15, 0.2) is 30.5 Å². The first kappa shape index (κ1) is 20.4. The summed E-state index contributed by atoms with van der Waals surface area (Å²) < 4.78 is 53.4. The molecule has 0 spiro atoms. The SMILES string of the molecule is O=C(NC1CCCc2c1cnn2-c1ccc(F)cc1)C1CCCN1C(=O)C(F)(F)F. The highest BCUT2D eigenvalue weighted by molar-refractivity contribution is 5.90. The van der Waals surface area contributed by atoms with E-state index in [0.29, 0.717) is 29.8 Å². The lowest BCUT2D eigenvalue weighted by molar-refractivity contribution is -0.186. The van der Waals surface area contributed by atoms with Crippen molar-refractivity contribution in [1.82, 2.24) is 20.0 Å². The van der Waals surface area contributed by atoms with Crippen molar-refractivity contribution in [3.63, 3.8) is 0 Å². The van der Waals surface area contributed by atoms with Gasteiger partial charge in [-0.2, -0.15) is 18.3 Å². The number of fused-ring (bicyclic) bond motifs is 1. The molecule has 1 N–H and O–H groups in total. The maximum absolute atomic E-state index is 13.2. The number of halogens is 4. The van der Waals surface area contributed by atoms with E-state index in [2.05, 4.69) is 10.4 Å². The molecule has 2 unspecified atom stereocenters. The van der Waals surface area contributed by atoms with Crippen molar-refractivity contribution < 1.29 is 27.2 Å². The molecule has 160 valence electrons. The van der Waals surface area contributed by atoms with Gasteiger partial charge in [0.15, 0.2) is 0 Å². The maximum atomic E-state index is 13.2. The molecule has 2 aliphatic rings. The third-order valence-electron chi connectivity index (χ3n) is 5.63. The first-order valence-electron chi connectivity index (χ1n) is 9.76.